The molecule has 0 radical (unpaired) electrons. The Morgan fingerprint density at radius 3 is 1.72 bits per heavy atom. The maximum absolute atomic E-state index is 2.26. The van der Waals surface area contributed by atoms with Gasteiger partial charge in [-0.25, -0.2) is 0 Å². The van der Waals surface area contributed by atoms with E-state index in [0.29, 0.717) is 0 Å². The first-order chi connectivity index (χ1) is 8.83. The molecule has 0 atom stereocenters. The smallest absolute Gasteiger partial charge is 0.0279 e. The van der Waals surface area contributed by atoms with Crippen LogP contribution in [0.2, 0.25) is 0 Å². The lowest BCUT2D eigenvalue weighted by molar-refractivity contribution is 0.632. The van der Waals surface area contributed by atoms with E-state index in [4.69, 9.17) is 0 Å². The standard InChI is InChI=1S/C14H22.2C2H6/c1-3-4-5-6-7-8-14-11-9-13(2)10-12-14;2*1-2/h9-12H,3-8H2,1-2H3;2*1-2H3. The molecule has 0 saturated carbocycles. The number of hydrogen-bond donors (Lipinski definition) is 0. The van der Waals surface area contributed by atoms with Crippen molar-refractivity contribution >= 4 is 0 Å². The van der Waals surface area contributed by atoms with Gasteiger partial charge in [0.15, 0.2) is 0 Å². The van der Waals surface area contributed by atoms with Gasteiger partial charge in [0.2, 0.25) is 0 Å². The Bertz CT molecular complexity index is 233. The summed E-state index contributed by atoms with van der Waals surface area (Å²) in [5.41, 5.74) is 2.85. The minimum Gasteiger partial charge on any atom is -0.0683 e. The van der Waals surface area contributed by atoms with Crippen LogP contribution >= 0.6 is 0 Å². The van der Waals surface area contributed by atoms with E-state index in [9.17, 15) is 0 Å². The molecule has 0 amide bonds. The van der Waals surface area contributed by atoms with E-state index in [-0.39, 0.29) is 0 Å². The van der Waals surface area contributed by atoms with Crippen LogP contribution in [0.3, 0.4) is 0 Å². The van der Waals surface area contributed by atoms with Gasteiger partial charge in [0.05, 0.1) is 0 Å². The summed E-state index contributed by atoms with van der Waals surface area (Å²) >= 11 is 0. The van der Waals surface area contributed by atoms with Crippen LogP contribution in [-0.4, -0.2) is 0 Å². The molecule has 106 valence electrons. The average molecular weight is 250 g/mol. The maximum Gasteiger partial charge on any atom is -0.0279 e. The van der Waals surface area contributed by atoms with Gasteiger partial charge in [-0.15, -0.1) is 0 Å². The SMILES string of the molecule is CC.CC.CCCCCCCc1ccc(C)cc1. The molecule has 0 aliphatic rings. The Labute approximate surface area is 116 Å². The highest BCUT2D eigenvalue weighted by Crippen LogP contribution is 2.09. The first-order valence-corrected chi connectivity index (χ1v) is 7.88. The summed E-state index contributed by atoms with van der Waals surface area (Å²) in [7, 11) is 0. The van der Waals surface area contributed by atoms with Crippen molar-refractivity contribution in [2.75, 3.05) is 0 Å². The van der Waals surface area contributed by atoms with E-state index in [0.717, 1.165) is 0 Å². The van der Waals surface area contributed by atoms with Gasteiger partial charge >= 0.3 is 0 Å². The highest BCUT2D eigenvalue weighted by atomic mass is 14.0. The van der Waals surface area contributed by atoms with Gasteiger partial charge < -0.3 is 0 Å². The maximum atomic E-state index is 2.26. The summed E-state index contributed by atoms with van der Waals surface area (Å²) in [5.74, 6) is 0. The van der Waals surface area contributed by atoms with Crippen molar-refractivity contribution in [3.05, 3.63) is 35.4 Å². The molecule has 1 rings (SSSR count). The molecule has 0 aliphatic heterocycles. The van der Waals surface area contributed by atoms with E-state index in [1.807, 2.05) is 27.7 Å². The summed E-state index contributed by atoms with van der Waals surface area (Å²) in [6.45, 7) is 12.4. The molecule has 0 nitrogen and oxygen atoms in total. The van der Waals surface area contributed by atoms with Crippen LogP contribution in [0.15, 0.2) is 24.3 Å². The lowest BCUT2D eigenvalue weighted by Crippen LogP contribution is -1.86. The summed E-state index contributed by atoms with van der Waals surface area (Å²) in [6, 6.07) is 8.94. The van der Waals surface area contributed by atoms with Gasteiger partial charge in [-0.3, -0.25) is 0 Å². The average Bonchev–Trinajstić information content (AvgIpc) is 2.45. The minimum absolute atomic E-state index is 1.25. The molecule has 0 unspecified atom stereocenters. The van der Waals surface area contributed by atoms with Gasteiger partial charge in [-0.2, -0.15) is 0 Å². The van der Waals surface area contributed by atoms with E-state index < -0.39 is 0 Å². The zero-order chi connectivity index (χ0) is 14.2. The quantitative estimate of drug-likeness (QED) is 0.501. The van der Waals surface area contributed by atoms with Gasteiger partial charge in [-0.05, 0) is 25.3 Å². The molecule has 1 aromatic carbocycles. The summed E-state index contributed by atoms with van der Waals surface area (Å²) in [6.07, 6.45) is 8.13. The third-order valence-electron chi connectivity index (χ3n) is 2.69. The fourth-order valence-corrected chi connectivity index (χ4v) is 1.69. The Balaban J connectivity index is 0. The van der Waals surface area contributed by atoms with E-state index >= 15 is 0 Å². The molecule has 0 fully saturated rings. The van der Waals surface area contributed by atoms with Crippen molar-refractivity contribution in [3.63, 3.8) is 0 Å². The van der Waals surface area contributed by atoms with Crippen molar-refractivity contribution in [1.82, 2.24) is 0 Å². The predicted molar refractivity (Wildman–Crippen MR) is 86.3 cm³/mol. The normalized spacial score (nSPS) is 8.78. The monoisotopic (exact) mass is 250 g/mol. The second kappa shape index (κ2) is 16.2. The molecule has 0 bridgehead atoms. The number of aryl methyl sites for hydroxylation is 2. The highest BCUT2D eigenvalue weighted by Gasteiger charge is 1.93. The van der Waals surface area contributed by atoms with Crippen LogP contribution in [0.1, 0.15) is 77.8 Å². The molecule has 0 N–H and O–H groups in total. The van der Waals surface area contributed by atoms with Crippen LogP contribution < -0.4 is 0 Å². The Hall–Kier alpha value is -0.780. The highest BCUT2D eigenvalue weighted by molar-refractivity contribution is 5.21. The van der Waals surface area contributed by atoms with Crippen molar-refractivity contribution < 1.29 is 0 Å². The van der Waals surface area contributed by atoms with Crippen molar-refractivity contribution in [2.24, 2.45) is 0 Å². The summed E-state index contributed by atoms with van der Waals surface area (Å²) in [4.78, 5) is 0. The van der Waals surface area contributed by atoms with Crippen LogP contribution in [-0.2, 0) is 6.42 Å². The molecular formula is C18H34. The molecule has 0 spiro atoms. The largest absolute Gasteiger partial charge is 0.0683 e. The number of hydrogen-bond acceptors (Lipinski definition) is 0. The molecule has 18 heavy (non-hydrogen) atoms. The third kappa shape index (κ3) is 11.7. The first kappa shape index (κ1) is 19.6. The first-order valence-electron chi connectivity index (χ1n) is 7.88. The molecule has 0 aromatic heterocycles. The number of benzene rings is 1. The Morgan fingerprint density at radius 2 is 1.22 bits per heavy atom. The minimum atomic E-state index is 1.25. The van der Waals surface area contributed by atoms with E-state index in [1.54, 1.807) is 0 Å². The molecule has 0 aliphatic carbocycles. The Kier molecular flexibility index (Phi) is 17.6. The van der Waals surface area contributed by atoms with Gasteiger partial charge in [-0.1, -0.05) is 90.1 Å². The molecule has 0 heterocycles. The Morgan fingerprint density at radius 1 is 0.722 bits per heavy atom. The molecule has 0 heteroatoms. The number of unbranched alkanes of at least 4 members (excludes halogenated alkanes) is 4. The second-order valence-corrected chi connectivity index (χ2v) is 4.15. The fourth-order valence-electron chi connectivity index (χ4n) is 1.69. The zero-order valence-electron chi connectivity index (χ0n) is 13.6. The molecular weight excluding hydrogens is 216 g/mol. The van der Waals surface area contributed by atoms with Crippen molar-refractivity contribution in [3.8, 4) is 0 Å². The van der Waals surface area contributed by atoms with Gasteiger partial charge in [0.1, 0.15) is 0 Å². The van der Waals surface area contributed by atoms with Crippen LogP contribution in [0.5, 0.6) is 0 Å². The van der Waals surface area contributed by atoms with E-state index in [1.165, 1.54) is 49.7 Å². The lowest BCUT2D eigenvalue weighted by Gasteiger charge is -2.01. The predicted octanol–water partition coefficient (Wildman–Crippen LogP) is 6.56. The van der Waals surface area contributed by atoms with E-state index in [2.05, 4.69) is 38.1 Å². The third-order valence-corrected chi connectivity index (χ3v) is 2.69. The van der Waals surface area contributed by atoms with Crippen LogP contribution in [0.4, 0.5) is 0 Å². The number of rotatable bonds is 6. The topological polar surface area (TPSA) is 0 Å². The second-order valence-electron chi connectivity index (χ2n) is 4.15. The van der Waals surface area contributed by atoms with Crippen LogP contribution in [0.25, 0.3) is 0 Å². The van der Waals surface area contributed by atoms with Gasteiger partial charge in [0, 0.05) is 0 Å². The molecule has 0 saturated heterocycles. The lowest BCUT2D eigenvalue weighted by atomic mass is 10.0. The zero-order valence-corrected chi connectivity index (χ0v) is 13.6. The summed E-state index contributed by atoms with van der Waals surface area (Å²) in [5, 5.41) is 0. The van der Waals surface area contributed by atoms with Crippen molar-refractivity contribution in [1.29, 1.82) is 0 Å². The molecule has 1 aromatic rings. The van der Waals surface area contributed by atoms with Crippen LogP contribution in [0, 0.1) is 6.92 Å². The summed E-state index contributed by atoms with van der Waals surface area (Å²) < 4.78 is 0. The fraction of sp³-hybridized carbons (Fsp3) is 0.667. The van der Waals surface area contributed by atoms with Gasteiger partial charge in [0.25, 0.3) is 0 Å². The van der Waals surface area contributed by atoms with Crippen molar-refractivity contribution in [2.45, 2.75) is 80.1 Å².